The summed E-state index contributed by atoms with van der Waals surface area (Å²) in [5.41, 5.74) is 4.27. The van der Waals surface area contributed by atoms with E-state index in [1.807, 2.05) is 61.5 Å². The van der Waals surface area contributed by atoms with Gasteiger partial charge in [-0.15, -0.1) is 0 Å². The lowest BCUT2D eigenvalue weighted by molar-refractivity contribution is 0.414. The highest BCUT2D eigenvalue weighted by Crippen LogP contribution is 2.28. The maximum atomic E-state index is 12.8. The van der Waals surface area contributed by atoms with Gasteiger partial charge in [-0.1, -0.05) is 30.3 Å². The number of hydrogen-bond donors (Lipinski definition) is 1. The molecule has 1 N–H and O–H groups in total. The van der Waals surface area contributed by atoms with Crippen LogP contribution >= 0.6 is 0 Å². The molecule has 4 aromatic rings. The van der Waals surface area contributed by atoms with Crippen LogP contribution in [0.3, 0.4) is 0 Å². The molecule has 0 saturated carbocycles. The molecule has 0 amide bonds. The zero-order chi connectivity index (χ0) is 17.4. The number of hydrogen-bond acceptors (Lipinski definition) is 3. The van der Waals surface area contributed by atoms with Crippen LogP contribution in [0.5, 0.6) is 5.75 Å². The first-order chi connectivity index (χ1) is 12.2. The van der Waals surface area contributed by atoms with Crippen molar-refractivity contribution in [1.29, 1.82) is 0 Å². The summed E-state index contributed by atoms with van der Waals surface area (Å²) in [6.45, 7) is 1.95. The highest BCUT2D eigenvalue weighted by atomic mass is 16.5. The van der Waals surface area contributed by atoms with Crippen LogP contribution in [0, 0.1) is 6.92 Å². The lowest BCUT2D eigenvalue weighted by Crippen LogP contribution is -2.14. The van der Waals surface area contributed by atoms with Gasteiger partial charge in [-0.25, -0.2) is 4.68 Å². The van der Waals surface area contributed by atoms with E-state index >= 15 is 0 Å². The van der Waals surface area contributed by atoms with Crippen molar-refractivity contribution < 1.29 is 4.74 Å². The van der Waals surface area contributed by atoms with E-state index in [0.717, 1.165) is 33.8 Å². The summed E-state index contributed by atoms with van der Waals surface area (Å²) in [6, 6.07) is 17.3. The Hall–Kier alpha value is -3.34. The van der Waals surface area contributed by atoms with Gasteiger partial charge in [0.1, 0.15) is 5.75 Å². The Balaban J connectivity index is 1.97. The number of rotatable bonds is 3. The largest absolute Gasteiger partial charge is 0.497 e. The van der Waals surface area contributed by atoms with Crippen molar-refractivity contribution in [3.8, 4) is 22.6 Å². The van der Waals surface area contributed by atoms with E-state index in [9.17, 15) is 4.79 Å². The molecule has 124 valence electrons. The number of H-pyrrole nitrogens is 1. The third-order valence-electron chi connectivity index (χ3n) is 4.32. The second-order valence-corrected chi connectivity index (χ2v) is 5.82. The van der Waals surface area contributed by atoms with E-state index in [4.69, 9.17) is 4.74 Å². The molecule has 2 aromatic heterocycles. The van der Waals surface area contributed by atoms with Crippen LogP contribution in [0.25, 0.3) is 27.7 Å². The summed E-state index contributed by atoms with van der Waals surface area (Å²) in [5, 5.41) is 3.82. The van der Waals surface area contributed by atoms with Gasteiger partial charge in [0.2, 0.25) is 0 Å². The fourth-order valence-electron chi connectivity index (χ4n) is 3.04. The fourth-order valence-corrected chi connectivity index (χ4v) is 3.04. The predicted molar refractivity (Wildman–Crippen MR) is 98.4 cm³/mol. The average molecular weight is 331 g/mol. The van der Waals surface area contributed by atoms with Gasteiger partial charge < -0.3 is 4.74 Å². The van der Waals surface area contributed by atoms with E-state index < -0.39 is 0 Å². The number of aromatic nitrogens is 3. The molecule has 5 heteroatoms. The second-order valence-electron chi connectivity index (χ2n) is 5.82. The molecule has 0 atom stereocenters. The molecule has 0 bridgehead atoms. The first-order valence-electron chi connectivity index (χ1n) is 7.99. The van der Waals surface area contributed by atoms with Crippen LogP contribution in [-0.4, -0.2) is 21.9 Å². The third kappa shape index (κ3) is 2.50. The molecule has 0 unspecified atom stereocenters. The quantitative estimate of drug-likeness (QED) is 0.623. The van der Waals surface area contributed by atoms with Crippen molar-refractivity contribution in [3.63, 3.8) is 0 Å². The van der Waals surface area contributed by atoms with Gasteiger partial charge in [-0.2, -0.15) is 0 Å². The van der Waals surface area contributed by atoms with Crippen molar-refractivity contribution in [3.05, 3.63) is 76.8 Å². The monoisotopic (exact) mass is 331 g/mol. The van der Waals surface area contributed by atoms with Gasteiger partial charge >= 0.3 is 0 Å². The predicted octanol–water partition coefficient (Wildman–Crippen LogP) is 3.70. The van der Waals surface area contributed by atoms with Gasteiger partial charge in [0.15, 0.2) is 0 Å². The topological polar surface area (TPSA) is 59.9 Å². The normalized spacial score (nSPS) is 11.0. The molecule has 5 nitrogen and oxygen atoms in total. The van der Waals surface area contributed by atoms with Crippen LogP contribution in [0.15, 0.2) is 65.6 Å². The number of methoxy groups -OCH3 is 1. The molecule has 4 rings (SSSR count). The summed E-state index contributed by atoms with van der Waals surface area (Å²) >= 11 is 0. The Morgan fingerprint density at radius 3 is 2.44 bits per heavy atom. The molecule has 0 fully saturated rings. The van der Waals surface area contributed by atoms with Crippen molar-refractivity contribution in [2.45, 2.75) is 6.92 Å². The van der Waals surface area contributed by atoms with Crippen LogP contribution in [0.4, 0.5) is 0 Å². The summed E-state index contributed by atoms with van der Waals surface area (Å²) in [7, 11) is 1.62. The number of nitrogens with one attached hydrogen (secondary N) is 1. The number of nitrogens with zero attached hydrogens (tertiary/aromatic N) is 2. The molecule has 0 saturated heterocycles. The van der Waals surface area contributed by atoms with Crippen LogP contribution in [0.1, 0.15) is 5.69 Å². The zero-order valence-electron chi connectivity index (χ0n) is 14.0. The Labute approximate surface area is 144 Å². The highest BCUT2D eigenvalue weighted by molar-refractivity contribution is 5.94. The average Bonchev–Trinajstić information content (AvgIpc) is 2.99. The van der Waals surface area contributed by atoms with E-state index in [1.165, 1.54) is 4.68 Å². The van der Waals surface area contributed by atoms with Gasteiger partial charge in [-0.05, 0) is 36.8 Å². The molecule has 0 radical (unpaired) electrons. The number of aromatic amines is 1. The minimum absolute atomic E-state index is 0.121. The molecule has 0 aliphatic carbocycles. The molecular weight excluding hydrogens is 314 g/mol. The van der Waals surface area contributed by atoms with Crippen molar-refractivity contribution in [1.82, 2.24) is 14.8 Å². The van der Waals surface area contributed by atoms with Crippen molar-refractivity contribution in [2.24, 2.45) is 0 Å². The van der Waals surface area contributed by atoms with Gasteiger partial charge in [0.25, 0.3) is 5.56 Å². The summed E-state index contributed by atoms with van der Waals surface area (Å²) in [6.07, 6.45) is 1.63. The van der Waals surface area contributed by atoms with E-state index in [2.05, 4.69) is 10.1 Å². The first-order valence-corrected chi connectivity index (χ1v) is 7.99. The van der Waals surface area contributed by atoms with Crippen molar-refractivity contribution >= 4 is 10.9 Å². The Morgan fingerprint density at radius 2 is 1.76 bits per heavy atom. The van der Waals surface area contributed by atoms with Crippen molar-refractivity contribution in [2.75, 3.05) is 7.11 Å². The third-order valence-corrected chi connectivity index (χ3v) is 4.32. The smallest absolute Gasteiger partial charge is 0.280 e. The molecule has 25 heavy (non-hydrogen) atoms. The van der Waals surface area contributed by atoms with E-state index in [1.54, 1.807) is 13.3 Å². The number of ether oxygens (including phenoxy) is 1. The SMILES string of the molecule is COc1ccc(-n2[nH]c3c(-c4ccccc4)c(C)ncc3c2=O)cc1. The highest BCUT2D eigenvalue weighted by Gasteiger charge is 2.15. The van der Waals surface area contributed by atoms with Gasteiger partial charge in [-0.3, -0.25) is 14.9 Å². The van der Waals surface area contributed by atoms with Crippen LogP contribution in [0.2, 0.25) is 0 Å². The molecule has 0 spiro atoms. The molecular formula is C20H17N3O2. The Kier molecular flexibility index (Phi) is 3.61. The Bertz CT molecular complexity index is 1090. The number of fused-ring (bicyclic) bond motifs is 1. The first kappa shape index (κ1) is 15.2. The van der Waals surface area contributed by atoms with Gasteiger partial charge in [0.05, 0.1) is 23.7 Å². The second kappa shape index (κ2) is 5.94. The molecule has 0 aliphatic heterocycles. The minimum atomic E-state index is -0.121. The Morgan fingerprint density at radius 1 is 1.04 bits per heavy atom. The number of pyridine rings is 1. The lowest BCUT2D eigenvalue weighted by Gasteiger charge is -2.06. The number of benzene rings is 2. The summed E-state index contributed by atoms with van der Waals surface area (Å²) in [4.78, 5) is 17.3. The summed E-state index contributed by atoms with van der Waals surface area (Å²) < 4.78 is 6.72. The molecule has 2 aromatic carbocycles. The molecule has 2 heterocycles. The zero-order valence-corrected chi connectivity index (χ0v) is 14.0. The summed E-state index contributed by atoms with van der Waals surface area (Å²) in [5.74, 6) is 0.746. The lowest BCUT2D eigenvalue weighted by atomic mass is 10.0. The van der Waals surface area contributed by atoms with Gasteiger partial charge in [0, 0.05) is 17.5 Å². The van der Waals surface area contributed by atoms with E-state index in [-0.39, 0.29) is 5.56 Å². The van der Waals surface area contributed by atoms with Crippen LogP contribution in [-0.2, 0) is 0 Å². The number of aryl methyl sites for hydroxylation is 1. The maximum Gasteiger partial charge on any atom is 0.280 e. The van der Waals surface area contributed by atoms with E-state index in [0.29, 0.717) is 5.39 Å². The standard InChI is InChI=1S/C20H17N3O2/c1-13-18(14-6-4-3-5-7-14)19-17(12-21-13)20(24)23(22-19)15-8-10-16(25-2)11-9-15/h3-12,22H,1-2H3. The fraction of sp³-hybridized carbons (Fsp3) is 0.100. The molecule has 0 aliphatic rings. The minimum Gasteiger partial charge on any atom is -0.497 e. The maximum absolute atomic E-state index is 12.8. The van der Waals surface area contributed by atoms with Crippen LogP contribution < -0.4 is 10.3 Å².